The lowest BCUT2D eigenvalue weighted by atomic mass is 9.78. The fourth-order valence-corrected chi connectivity index (χ4v) is 4.08. The van der Waals surface area contributed by atoms with Gasteiger partial charge in [-0.05, 0) is 51.7 Å². The Hall–Kier alpha value is -1.49. The van der Waals surface area contributed by atoms with Crippen LogP contribution in [0.2, 0.25) is 5.15 Å². The highest BCUT2D eigenvalue weighted by molar-refractivity contribution is 6.29. The normalized spacial score (nSPS) is 26.8. The first-order valence-corrected chi connectivity index (χ1v) is 9.05. The number of rotatable bonds is 2. The maximum absolute atomic E-state index is 12.1. The number of carbonyl (C=O) groups is 1. The maximum Gasteiger partial charge on any atom is 0.407 e. The minimum atomic E-state index is -0.465. The number of anilines is 1. The van der Waals surface area contributed by atoms with Crippen LogP contribution in [0.25, 0.3) is 0 Å². The first-order chi connectivity index (χ1) is 11.3. The number of pyridine rings is 1. The van der Waals surface area contributed by atoms with E-state index in [1.807, 2.05) is 32.9 Å². The van der Waals surface area contributed by atoms with Crippen molar-refractivity contribution in [2.24, 2.45) is 11.8 Å². The number of nitrogens with one attached hydrogen (secondary N) is 1. The average Bonchev–Trinajstić information content (AvgIpc) is 2.90. The van der Waals surface area contributed by atoms with Crippen molar-refractivity contribution in [1.29, 1.82) is 0 Å². The number of amides is 1. The molecule has 1 saturated carbocycles. The van der Waals surface area contributed by atoms with Gasteiger partial charge in [0.25, 0.3) is 0 Å². The molecule has 0 aromatic carbocycles. The molecule has 132 valence electrons. The molecule has 1 unspecified atom stereocenters. The number of halogens is 1. The molecule has 3 rings (SSSR count). The molecular formula is C18H26ClN3O2. The van der Waals surface area contributed by atoms with Crippen molar-refractivity contribution in [1.82, 2.24) is 10.3 Å². The van der Waals surface area contributed by atoms with Gasteiger partial charge in [-0.15, -0.1) is 0 Å². The number of fused-ring (bicyclic) bond motifs is 1. The molecule has 24 heavy (non-hydrogen) atoms. The smallest absolute Gasteiger partial charge is 0.407 e. The number of hydrogen-bond donors (Lipinski definition) is 1. The summed E-state index contributed by atoms with van der Waals surface area (Å²) in [5.41, 5.74) is 0.647. The predicted octanol–water partition coefficient (Wildman–Crippen LogP) is 3.86. The Morgan fingerprint density at radius 3 is 2.88 bits per heavy atom. The zero-order valence-electron chi connectivity index (χ0n) is 14.6. The van der Waals surface area contributed by atoms with E-state index < -0.39 is 5.60 Å². The summed E-state index contributed by atoms with van der Waals surface area (Å²) in [5.74, 6) is 1.06. The Labute approximate surface area is 148 Å². The topological polar surface area (TPSA) is 54.5 Å². The van der Waals surface area contributed by atoms with Crippen molar-refractivity contribution in [3.05, 3.63) is 23.5 Å². The number of aromatic nitrogens is 1. The predicted molar refractivity (Wildman–Crippen MR) is 95.4 cm³/mol. The summed E-state index contributed by atoms with van der Waals surface area (Å²) in [6.07, 6.45) is 4.82. The highest BCUT2D eigenvalue weighted by Crippen LogP contribution is 2.38. The molecule has 1 aromatic rings. The number of hydrogen-bond acceptors (Lipinski definition) is 4. The summed E-state index contributed by atoms with van der Waals surface area (Å²) >= 11 is 6.02. The van der Waals surface area contributed by atoms with Crippen LogP contribution in [0, 0.1) is 11.8 Å². The fraction of sp³-hybridized carbons (Fsp3) is 0.667. The number of carbonyl (C=O) groups excluding carboxylic acids is 1. The third-order valence-corrected chi connectivity index (χ3v) is 5.08. The van der Waals surface area contributed by atoms with E-state index >= 15 is 0 Å². The Morgan fingerprint density at radius 1 is 1.38 bits per heavy atom. The van der Waals surface area contributed by atoms with Crippen LogP contribution < -0.4 is 10.2 Å². The Morgan fingerprint density at radius 2 is 2.17 bits per heavy atom. The monoisotopic (exact) mass is 351 g/mol. The van der Waals surface area contributed by atoms with Gasteiger partial charge in [0.2, 0.25) is 0 Å². The van der Waals surface area contributed by atoms with Crippen molar-refractivity contribution in [2.75, 3.05) is 18.0 Å². The van der Waals surface area contributed by atoms with Crippen LogP contribution in [-0.2, 0) is 4.74 Å². The first-order valence-electron chi connectivity index (χ1n) is 8.68. The number of nitrogens with zero attached hydrogens (tertiary/aromatic N) is 2. The van der Waals surface area contributed by atoms with Crippen molar-refractivity contribution >= 4 is 23.4 Å². The molecule has 5 nitrogen and oxygen atoms in total. The molecule has 1 saturated heterocycles. The Balaban J connectivity index is 1.66. The molecular weight excluding hydrogens is 326 g/mol. The van der Waals surface area contributed by atoms with Crippen molar-refractivity contribution in [3.8, 4) is 0 Å². The van der Waals surface area contributed by atoms with E-state index in [1.54, 1.807) is 6.20 Å². The molecule has 1 N–H and O–H groups in total. The molecule has 1 aliphatic heterocycles. The lowest BCUT2D eigenvalue weighted by molar-refractivity contribution is 0.0461. The average molecular weight is 352 g/mol. The number of ether oxygens (including phenoxy) is 1. The van der Waals surface area contributed by atoms with Gasteiger partial charge < -0.3 is 15.0 Å². The van der Waals surface area contributed by atoms with E-state index in [1.165, 1.54) is 6.42 Å². The van der Waals surface area contributed by atoms with E-state index in [4.69, 9.17) is 16.3 Å². The van der Waals surface area contributed by atoms with E-state index in [0.29, 0.717) is 17.0 Å². The maximum atomic E-state index is 12.1. The van der Waals surface area contributed by atoms with Gasteiger partial charge in [0, 0.05) is 36.9 Å². The molecule has 1 amide bonds. The van der Waals surface area contributed by atoms with E-state index in [0.717, 1.165) is 31.6 Å². The van der Waals surface area contributed by atoms with Crippen LogP contribution >= 0.6 is 11.6 Å². The van der Waals surface area contributed by atoms with Gasteiger partial charge in [0.1, 0.15) is 10.8 Å². The molecule has 0 radical (unpaired) electrons. The van der Waals surface area contributed by atoms with Crippen LogP contribution in [0.1, 0.15) is 40.0 Å². The van der Waals surface area contributed by atoms with Crippen LogP contribution in [0.5, 0.6) is 0 Å². The van der Waals surface area contributed by atoms with Gasteiger partial charge in [-0.3, -0.25) is 0 Å². The van der Waals surface area contributed by atoms with Crippen molar-refractivity contribution < 1.29 is 9.53 Å². The minimum absolute atomic E-state index is 0.181. The van der Waals surface area contributed by atoms with Crippen LogP contribution in [0.15, 0.2) is 18.3 Å². The summed E-state index contributed by atoms with van der Waals surface area (Å²) in [6.45, 7) is 7.62. The molecule has 6 heteroatoms. The second-order valence-electron chi connectivity index (χ2n) is 7.85. The minimum Gasteiger partial charge on any atom is -0.444 e. The third-order valence-electron chi connectivity index (χ3n) is 4.88. The molecule has 0 bridgehead atoms. The van der Waals surface area contributed by atoms with Crippen LogP contribution in [0.3, 0.4) is 0 Å². The highest BCUT2D eigenvalue weighted by atomic mass is 35.5. The van der Waals surface area contributed by atoms with Crippen molar-refractivity contribution in [2.45, 2.75) is 51.7 Å². The van der Waals surface area contributed by atoms with Gasteiger partial charge >= 0.3 is 6.09 Å². The van der Waals surface area contributed by atoms with E-state index in [9.17, 15) is 4.79 Å². The fourth-order valence-electron chi connectivity index (χ4n) is 3.91. The van der Waals surface area contributed by atoms with Crippen LogP contribution in [-0.4, -0.2) is 35.8 Å². The number of alkyl carbamates (subject to hydrolysis) is 1. The molecule has 2 aliphatic rings. The Kier molecular flexibility index (Phi) is 4.90. The SMILES string of the molecule is CC(C)(C)OC(=O)N[C@@H]1CCCC2CN(c3ccnc(Cl)c3)C[C@H]21. The first kappa shape index (κ1) is 17.3. The summed E-state index contributed by atoms with van der Waals surface area (Å²) in [6, 6.07) is 4.09. The molecule has 1 aliphatic carbocycles. The van der Waals surface area contributed by atoms with E-state index in [-0.39, 0.29) is 12.1 Å². The highest BCUT2D eigenvalue weighted by Gasteiger charge is 2.41. The van der Waals surface area contributed by atoms with Gasteiger partial charge in [0.05, 0.1) is 0 Å². The standard InChI is InChI=1S/C18H26ClN3O2/c1-18(2,3)24-17(23)21-15-6-4-5-12-10-22(11-14(12)15)13-7-8-20-16(19)9-13/h7-9,12,14-15H,4-6,10-11H2,1-3H3,(H,21,23)/t12?,14-,15-/m1/s1. The lowest BCUT2D eigenvalue weighted by Gasteiger charge is -2.33. The van der Waals surface area contributed by atoms with Gasteiger partial charge in [-0.2, -0.15) is 0 Å². The van der Waals surface area contributed by atoms with Gasteiger partial charge in [0.15, 0.2) is 0 Å². The molecule has 2 heterocycles. The Bertz CT molecular complexity index is 602. The second-order valence-corrected chi connectivity index (χ2v) is 8.24. The summed E-state index contributed by atoms with van der Waals surface area (Å²) < 4.78 is 5.43. The summed E-state index contributed by atoms with van der Waals surface area (Å²) in [7, 11) is 0. The van der Waals surface area contributed by atoms with E-state index in [2.05, 4.69) is 15.2 Å². The zero-order chi connectivity index (χ0) is 17.3. The van der Waals surface area contributed by atoms with Gasteiger partial charge in [-0.1, -0.05) is 18.0 Å². The molecule has 1 aromatic heterocycles. The molecule has 2 fully saturated rings. The third kappa shape index (κ3) is 4.12. The summed E-state index contributed by atoms with van der Waals surface area (Å²) in [4.78, 5) is 18.6. The zero-order valence-corrected chi connectivity index (χ0v) is 15.3. The van der Waals surface area contributed by atoms with Gasteiger partial charge in [-0.25, -0.2) is 9.78 Å². The summed E-state index contributed by atoms with van der Waals surface area (Å²) in [5, 5.41) is 3.62. The second kappa shape index (κ2) is 6.79. The van der Waals surface area contributed by atoms with Crippen LogP contribution in [0.4, 0.5) is 10.5 Å². The lowest BCUT2D eigenvalue weighted by Crippen LogP contribution is -2.47. The molecule has 3 atom stereocenters. The largest absolute Gasteiger partial charge is 0.444 e. The molecule has 0 spiro atoms. The van der Waals surface area contributed by atoms with Crippen molar-refractivity contribution in [3.63, 3.8) is 0 Å². The quantitative estimate of drug-likeness (QED) is 0.822.